The maximum absolute atomic E-state index is 13.0. The highest BCUT2D eigenvalue weighted by molar-refractivity contribution is 6.34. The van der Waals surface area contributed by atoms with Gasteiger partial charge in [-0.1, -0.05) is 35.9 Å². The van der Waals surface area contributed by atoms with Gasteiger partial charge in [0.05, 0.1) is 10.7 Å². The first-order valence-electron chi connectivity index (χ1n) is 10.5. The van der Waals surface area contributed by atoms with Gasteiger partial charge in [-0.2, -0.15) is 0 Å². The molecule has 0 unspecified atom stereocenters. The zero-order chi connectivity index (χ0) is 21.1. The second-order valence-corrected chi connectivity index (χ2v) is 8.61. The van der Waals surface area contributed by atoms with Crippen molar-refractivity contribution in [2.24, 2.45) is 0 Å². The molecule has 0 spiro atoms. The van der Waals surface area contributed by atoms with Gasteiger partial charge in [0.1, 0.15) is 0 Å². The van der Waals surface area contributed by atoms with Gasteiger partial charge in [0.2, 0.25) is 5.91 Å². The number of nitrogens with one attached hydrogen (secondary N) is 1. The van der Waals surface area contributed by atoms with E-state index in [4.69, 9.17) is 16.3 Å². The van der Waals surface area contributed by atoms with Gasteiger partial charge < -0.3 is 15.0 Å². The van der Waals surface area contributed by atoms with Crippen molar-refractivity contribution in [3.8, 4) is 0 Å². The molecule has 2 saturated heterocycles. The van der Waals surface area contributed by atoms with Gasteiger partial charge in [0, 0.05) is 43.7 Å². The van der Waals surface area contributed by atoms with Crippen LogP contribution in [0.25, 0.3) is 0 Å². The summed E-state index contributed by atoms with van der Waals surface area (Å²) in [6, 6.07) is 13.5. The second kappa shape index (κ2) is 8.78. The minimum atomic E-state index is -0.154. The van der Waals surface area contributed by atoms with E-state index in [1.165, 1.54) is 11.1 Å². The number of benzene rings is 2. The molecule has 0 aromatic heterocycles. The smallest absolute Gasteiger partial charge is 0.251 e. The molecular weight excluding hydrogens is 400 g/mol. The minimum Gasteiger partial charge on any atom is -0.381 e. The van der Waals surface area contributed by atoms with Gasteiger partial charge >= 0.3 is 0 Å². The molecule has 158 valence electrons. The van der Waals surface area contributed by atoms with Crippen LogP contribution in [0.4, 0.5) is 5.69 Å². The minimum absolute atomic E-state index is 0.0511. The Kier molecular flexibility index (Phi) is 6.11. The van der Waals surface area contributed by atoms with Gasteiger partial charge in [-0.3, -0.25) is 9.59 Å². The van der Waals surface area contributed by atoms with Crippen LogP contribution in [0.5, 0.6) is 0 Å². The number of anilines is 1. The SMILES string of the molecule is Cc1ccccc1C1(CNC(=O)c2ccc(Cl)c(N3CCCC3=O)c2)CCOCC1. The van der Waals surface area contributed by atoms with Crippen LogP contribution >= 0.6 is 11.6 Å². The van der Waals surface area contributed by atoms with E-state index in [1.54, 1.807) is 23.1 Å². The molecule has 1 N–H and O–H groups in total. The van der Waals surface area contributed by atoms with E-state index >= 15 is 0 Å². The highest BCUT2D eigenvalue weighted by Crippen LogP contribution is 2.36. The largest absolute Gasteiger partial charge is 0.381 e. The molecule has 0 aliphatic carbocycles. The van der Waals surface area contributed by atoms with Crippen molar-refractivity contribution < 1.29 is 14.3 Å². The fourth-order valence-electron chi connectivity index (χ4n) is 4.59. The number of aryl methyl sites for hydroxylation is 1. The van der Waals surface area contributed by atoms with Crippen LogP contribution in [0.15, 0.2) is 42.5 Å². The number of carbonyl (C=O) groups is 2. The zero-order valence-corrected chi connectivity index (χ0v) is 18.0. The van der Waals surface area contributed by atoms with Crippen LogP contribution in [-0.4, -0.2) is 38.1 Å². The van der Waals surface area contributed by atoms with Gasteiger partial charge in [-0.15, -0.1) is 0 Å². The number of nitrogens with zero attached hydrogens (tertiary/aromatic N) is 1. The average molecular weight is 427 g/mol. The number of amides is 2. The predicted octanol–water partition coefficient (Wildman–Crippen LogP) is 4.25. The lowest BCUT2D eigenvalue weighted by Crippen LogP contribution is -2.45. The van der Waals surface area contributed by atoms with E-state index in [9.17, 15) is 9.59 Å². The molecule has 30 heavy (non-hydrogen) atoms. The molecule has 2 aromatic carbocycles. The number of carbonyl (C=O) groups excluding carboxylic acids is 2. The molecule has 2 aliphatic rings. The van der Waals surface area contributed by atoms with Crippen LogP contribution in [0.3, 0.4) is 0 Å². The molecule has 2 amide bonds. The van der Waals surface area contributed by atoms with Crippen LogP contribution in [0, 0.1) is 6.92 Å². The third-order valence-corrected chi connectivity index (χ3v) is 6.65. The number of hydrogen-bond donors (Lipinski definition) is 1. The van der Waals surface area contributed by atoms with E-state index in [2.05, 4.69) is 30.4 Å². The Morgan fingerprint density at radius 1 is 1.20 bits per heavy atom. The predicted molar refractivity (Wildman–Crippen MR) is 118 cm³/mol. The molecule has 2 aliphatic heterocycles. The molecule has 2 fully saturated rings. The fraction of sp³-hybridized carbons (Fsp3) is 0.417. The first-order valence-corrected chi connectivity index (χ1v) is 10.9. The zero-order valence-electron chi connectivity index (χ0n) is 17.2. The Labute approximate surface area is 182 Å². The normalized spacial score (nSPS) is 18.5. The quantitative estimate of drug-likeness (QED) is 0.777. The van der Waals surface area contributed by atoms with E-state index in [0.717, 1.165) is 19.3 Å². The molecule has 2 heterocycles. The van der Waals surface area contributed by atoms with Crippen molar-refractivity contribution in [2.45, 2.75) is 38.0 Å². The molecular formula is C24H27ClN2O3. The monoisotopic (exact) mass is 426 g/mol. The highest BCUT2D eigenvalue weighted by Gasteiger charge is 2.36. The summed E-state index contributed by atoms with van der Waals surface area (Å²) in [5.41, 5.74) is 3.50. The second-order valence-electron chi connectivity index (χ2n) is 8.21. The highest BCUT2D eigenvalue weighted by atomic mass is 35.5. The Morgan fingerprint density at radius 2 is 1.97 bits per heavy atom. The molecule has 6 heteroatoms. The third-order valence-electron chi connectivity index (χ3n) is 6.33. The number of ether oxygens (including phenoxy) is 1. The maximum Gasteiger partial charge on any atom is 0.251 e. The average Bonchev–Trinajstić information content (AvgIpc) is 3.19. The molecule has 0 atom stereocenters. The van der Waals surface area contributed by atoms with E-state index < -0.39 is 0 Å². The van der Waals surface area contributed by atoms with Gasteiger partial charge in [0.15, 0.2) is 0 Å². The summed E-state index contributed by atoms with van der Waals surface area (Å²) in [6.07, 6.45) is 3.07. The summed E-state index contributed by atoms with van der Waals surface area (Å²) < 4.78 is 5.61. The summed E-state index contributed by atoms with van der Waals surface area (Å²) in [6.45, 7) is 4.67. The first-order chi connectivity index (χ1) is 14.5. The molecule has 0 bridgehead atoms. The number of hydrogen-bond acceptors (Lipinski definition) is 3. The topological polar surface area (TPSA) is 58.6 Å². The Bertz CT molecular complexity index is 953. The van der Waals surface area contributed by atoms with Gasteiger partial charge in [0.25, 0.3) is 5.91 Å². The van der Waals surface area contributed by atoms with Crippen molar-refractivity contribution in [1.82, 2.24) is 5.32 Å². The van der Waals surface area contributed by atoms with Crippen LogP contribution in [-0.2, 0) is 14.9 Å². The Hall–Kier alpha value is -2.37. The van der Waals surface area contributed by atoms with Crippen LogP contribution in [0.1, 0.15) is 47.2 Å². The maximum atomic E-state index is 13.0. The molecule has 5 nitrogen and oxygen atoms in total. The first kappa shape index (κ1) is 20.9. The van der Waals surface area contributed by atoms with Gasteiger partial charge in [-0.25, -0.2) is 0 Å². The van der Waals surface area contributed by atoms with Crippen LogP contribution < -0.4 is 10.2 Å². The Morgan fingerprint density at radius 3 is 2.67 bits per heavy atom. The Balaban J connectivity index is 1.54. The molecule has 0 saturated carbocycles. The summed E-state index contributed by atoms with van der Waals surface area (Å²) >= 11 is 6.33. The lowest BCUT2D eigenvalue weighted by atomic mass is 9.72. The molecule has 2 aromatic rings. The summed E-state index contributed by atoms with van der Waals surface area (Å²) in [5, 5.41) is 3.63. The lowest BCUT2D eigenvalue weighted by Gasteiger charge is -2.39. The lowest BCUT2D eigenvalue weighted by molar-refractivity contribution is -0.117. The van der Waals surface area contributed by atoms with Crippen molar-refractivity contribution in [2.75, 3.05) is 31.2 Å². The van der Waals surface area contributed by atoms with Crippen molar-refractivity contribution in [1.29, 1.82) is 0 Å². The molecule has 4 rings (SSSR count). The van der Waals surface area contributed by atoms with E-state index in [0.29, 0.717) is 49.0 Å². The molecule has 0 radical (unpaired) electrons. The summed E-state index contributed by atoms with van der Waals surface area (Å²) in [4.78, 5) is 26.8. The standard InChI is InChI=1S/C24H27ClN2O3/c1-17-5-2-3-6-19(17)24(10-13-30-14-11-24)16-26-23(29)18-8-9-20(25)21(15-18)27-12-4-7-22(27)28/h2-3,5-6,8-9,15H,4,7,10-14,16H2,1H3,(H,26,29). The van der Waals surface area contributed by atoms with E-state index in [1.807, 2.05) is 6.07 Å². The third kappa shape index (κ3) is 4.09. The summed E-state index contributed by atoms with van der Waals surface area (Å²) in [7, 11) is 0. The van der Waals surface area contributed by atoms with E-state index in [-0.39, 0.29) is 17.2 Å². The number of halogens is 1. The van der Waals surface area contributed by atoms with Crippen molar-refractivity contribution >= 4 is 29.1 Å². The van der Waals surface area contributed by atoms with Crippen LogP contribution in [0.2, 0.25) is 5.02 Å². The van der Waals surface area contributed by atoms with Crippen molar-refractivity contribution in [3.63, 3.8) is 0 Å². The van der Waals surface area contributed by atoms with Gasteiger partial charge in [-0.05, 0) is 55.5 Å². The summed E-state index contributed by atoms with van der Waals surface area (Å²) in [5.74, 6) is -0.103. The fourth-order valence-corrected chi connectivity index (χ4v) is 4.81. The number of rotatable bonds is 5. The van der Waals surface area contributed by atoms with Crippen molar-refractivity contribution in [3.05, 3.63) is 64.2 Å².